The standard InChI is InChI=1S/C24H29O6/c1-5-23(27)30-16-20(26)15-29-22-12-8-19(9-13-22)24(3,4)18-6-10-21(11-7-18)28-14-17(2)25/h5-13,17,20,25-26H,1-2,14-16H2,3-4H3. The number of benzene rings is 2. The molecule has 6 heteroatoms. The van der Waals surface area contributed by atoms with Crippen molar-refractivity contribution in [1.82, 2.24) is 0 Å². The van der Waals surface area contributed by atoms with E-state index in [1.807, 2.05) is 48.5 Å². The van der Waals surface area contributed by atoms with Crippen LogP contribution in [0.15, 0.2) is 61.2 Å². The minimum absolute atomic E-state index is 0.0105. The predicted octanol–water partition coefficient (Wildman–Crippen LogP) is 3.06. The molecule has 0 heterocycles. The van der Waals surface area contributed by atoms with Gasteiger partial charge in [-0.15, -0.1) is 0 Å². The van der Waals surface area contributed by atoms with Gasteiger partial charge in [-0.25, -0.2) is 4.79 Å². The lowest BCUT2D eigenvalue weighted by molar-refractivity contribution is -0.141. The summed E-state index contributed by atoms with van der Waals surface area (Å²) in [6.07, 6.45) is -0.637. The van der Waals surface area contributed by atoms with Crippen LogP contribution in [0.25, 0.3) is 0 Å². The second kappa shape index (κ2) is 10.8. The maximum atomic E-state index is 11.0. The highest BCUT2D eigenvalue weighted by Gasteiger charge is 2.23. The summed E-state index contributed by atoms with van der Waals surface area (Å²) >= 11 is 0. The summed E-state index contributed by atoms with van der Waals surface area (Å²) in [6, 6.07) is 15.4. The molecule has 2 rings (SSSR count). The van der Waals surface area contributed by atoms with Gasteiger partial charge in [0.25, 0.3) is 0 Å². The zero-order chi connectivity index (χ0) is 22.1. The second-order valence-electron chi connectivity index (χ2n) is 7.44. The Labute approximate surface area is 177 Å². The van der Waals surface area contributed by atoms with Crippen molar-refractivity contribution in [3.63, 3.8) is 0 Å². The molecule has 2 unspecified atom stereocenters. The van der Waals surface area contributed by atoms with Crippen LogP contribution in [0.4, 0.5) is 0 Å². The fraction of sp³-hybridized carbons (Fsp3) is 0.333. The van der Waals surface area contributed by atoms with Crippen LogP contribution in [0, 0.1) is 6.92 Å². The van der Waals surface area contributed by atoms with Crippen LogP contribution in [0.2, 0.25) is 0 Å². The van der Waals surface area contributed by atoms with Gasteiger partial charge < -0.3 is 24.4 Å². The largest absolute Gasteiger partial charge is 0.491 e. The van der Waals surface area contributed by atoms with Gasteiger partial charge in [0.1, 0.15) is 37.4 Å². The molecular formula is C24H29O6. The van der Waals surface area contributed by atoms with E-state index in [-0.39, 0.29) is 25.2 Å². The van der Waals surface area contributed by atoms with Gasteiger partial charge in [0.2, 0.25) is 0 Å². The van der Waals surface area contributed by atoms with E-state index >= 15 is 0 Å². The molecule has 0 bridgehead atoms. The molecule has 2 aromatic rings. The molecule has 0 saturated heterocycles. The Morgan fingerprint density at radius 1 is 0.933 bits per heavy atom. The highest BCUT2D eigenvalue weighted by Crippen LogP contribution is 2.33. The summed E-state index contributed by atoms with van der Waals surface area (Å²) in [5.74, 6) is 0.706. The summed E-state index contributed by atoms with van der Waals surface area (Å²) in [7, 11) is 0. The molecule has 2 aromatic carbocycles. The van der Waals surface area contributed by atoms with Gasteiger partial charge in [0.05, 0.1) is 6.10 Å². The van der Waals surface area contributed by atoms with Gasteiger partial charge in [-0.05, 0) is 42.3 Å². The maximum Gasteiger partial charge on any atom is 0.330 e. The maximum absolute atomic E-state index is 11.0. The Kier molecular flexibility index (Phi) is 8.45. The highest BCUT2D eigenvalue weighted by molar-refractivity contribution is 5.81. The smallest absolute Gasteiger partial charge is 0.330 e. The fourth-order valence-corrected chi connectivity index (χ4v) is 2.77. The Balaban J connectivity index is 1.95. The van der Waals surface area contributed by atoms with Crippen LogP contribution in [0.1, 0.15) is 25.0 Å². The first-order valence-corrected chi connectivity index (χ1v) is 9.67. The first-order valence-electron chi connectivity index (χ1n) is 9.67. The quantitative estimate of drug-likeness (QED) is 0.435. The van der Waals surface area contributed by atoms with Crippen LogP contribution in [0.3, 0.4) is 0 Å². The lowest BCUT2D eigenvalue weighted by Crippen LogP contribution is -2.24. The number of rotatable bonds is 11. The minimum atomic E-state index is -0.921. The third-order valence-corrected chi connectivity index (χ3v) is 4.62. The number of ether oxygens (including phenoxy) is 3. The molecule has 0 saturated carbocycles. The molecule has 0 spiro atoms. The monoisotopic (exact) mass is 413 g/mol. The van der Waals surface area contributed by atoms with Gasteiger partial charge in [0, 0.05) is 11.5 Å². The molecule has 30 heavy (non-hydrogen) atoms. The van der Waals surface area contributed by atoms with Crippen molar-refractivity contribution in [3.8, 4) is 11.5 Å². The molecule has 0 aliphatic heterocycles. The number of hydrogen-bond donors (Lipinski definition) is 2. The van der Waals surface area contributed by atoms with Crippen molar-refractivity contribution < 1.29 is 29.2 Å². The predicted molar refractivity (Wildman–Crippen MR) is 115 cm³/mol. The number of esters is 1. The average Bonchev–Trinajstić information content (AvgIpc) is 2.75. The van der Waals surface area contributed by atoms with Gasteiger partial charge in [-0.3, -0.25) is 0 Å². The normalized spacial score (nSPS) is 13.2. The summed E-state index contributed by atoms with van der Waals surface area (Å²) in [4.78, 5) is 11.0. The second-order valence-corrected chi connectivity index (χ2v) is 7.44. The lowest BCUT2D eigenvalue weighted by Gasteiger charge is -2.26. The third-order valence-electron chi connectivity index (χ3n) is 4.62. The highest BCUT2D eigenvalue weighted by atomic mass is 16.5. The molecule has 6 nitrogen and oxygen atoms in total. The number of carbonyl (C=O) groups excluding carboxylic acids is 1. The number of hydrogen-bond acceptors (Lipinski definition) is 6. The van der Waals surface area contributed by atoms with E-state index in [0.29, 0.717) is 11.5 Å². The molecule has 0 aliphatic carbocycles. The Bertz CT molecular complexity index is 809. The van der Waals surface area contributed by atoms with Crippen LogP contribution in [-0.2, 0) is 14.9 Å². The third kappa shape index (κ3) is 6.90. The van der Waals surface area contributed by atoms with E-state index in [4.69, 9.17) is 14.2 Å². The first-order chi connectivity index (χ1) is 14.2. The van der Waals surface area contributed by atoms with Gasteiger partial charge in [-0.2, -0.15) is 0 Å². The fourth-order valence-electron chi connectivity index (χ4n) is 2.77. The zero-order valence-electron chi connectivity index (χ0n) is 17.4. The van der Waals surface area contributed by atoms with E-state index in [1.54, 1.807) is 0 Å². The molecule has 0 aromatic heterocycles. The van der Waals surface area contributed by atoms with E-state index in [9.17, 15) is 15.0 Å². The van der Waals surface area contributed by atoms with E-state index in [2.05, 4.69) is 27.4 Å². The summed E-state index contributed by atoms with van der Waals surface area (Å²) in [5.41, 5.74) is 1.96. The molecule has 1 radical (unpaired) electrons. The lowest BCUT2D eigenvalue weighted by atomic mass is 9.78. The average molecular weight is 413 g/mol. The van der Waals surface area contributed by atoms with Gasteiger partial charge in [0.15, 0.2) is 0 Å². The van der Waals surface area contributed by atoms with E-state index < -0.39 is 18.2 Å². The Morgan fingerprint density at radius 3 is 1.83 bits per heavy atom. The zero-order valence-corrected chi connectivity index (χ0v) is 17.4. The van der Waals surface area contributed by atoms with Crippen LogP contribution < -0.4 is 9.47 Å². The van der Waals surface area contributed by atoms with Crippen LogP contribution in [0.5, 0.6) is 11.5 Å². The molecule has 2 N–H and O–H groups in total. The topological polar surface area (TPSA) is 85.2 Å². The molecule has 161 valence electrons. The van der Waals surface area contributed by atoms with Crippen molar-refractivity contribution in [2.24, 2.45) is 0 Å². The molecule has 0 aliphatic rings. The van der Waals surface area contributed by atoms with Crippen molar-refractivity contribution >= 4 is 5.97 Å². The van der Waals surface area contributed by atoms with E-state index in [1.165, 1.54) is 0 Å². The molecule has 0 amide bonds. The Morgan fingerprint density at radius 2 is 1.40 bits per heavy atom. The summed E-state index contributed by atoms with van der Waals surface area (Å²) in [5, 5.41) is 19.0. The summed E-state index contributed by atoms with van der Waals surface area (Å²) in [6.45, 7) is 11.0. The molecular weight excluding hydrogens is 384 g/mol. The number of aliphatic hydroxyl groups is 2. The van der Waals surface area contributed by atoms with Crippen molar-refractivity contribution in [2.45, 2.75) is 31.5 Å². The van der Waals surface area contributed by atoms with Gasteiger partial charge in [-0.1, -0.05) is 44.7 Å². The van der Waals surface area contributed by atoms with Gasteiger partial charge >= 0.3 is 5.97 Å². The molecule has 2 atom stereocenters. The number of carbonyl (C=O) groups is 1. The summed E-state index contributed by atoms with van der Waals surface area (Å²) < 4.78 is 15.8. The first kappa shape index (κ1) is 23.4. The number of aliphatic hydroxyl groups excluding tert-OH is 2. The Hall–Kier alpha value is -2.83. The van der Waals surface area contributed by atoms with Crippen LogP contribution in [-0.4, -0.2) is 48.2 Å². The van der Waals surface area contributed by atoms with Crippen LogP contribution >= 0.6 is 0 Å². The molecule has 0 fully saturated rings. The van der Waals surface area contributed by atoms with Crippen molar-refractivity contribution in [1.29, 1.82) is 0 Å². The van der Waals surface area contributed by atoms with Crippen molar-refractivity contribution in [3.05, 3.63) is 79.2 Å². The minimum Gasteiger partial charge on any atom is -0.491 e. The van der Waals surface area contributed by atoms with E-state index in [0.717, 1.165) is 17.2 Å². The SMILES string of the molecule is [CH2]C(O)COc1ccc(C(C)(C)c2ccc(OCC(O)COC(=O)C=C)cc2)cc1. The van der Waals surface area contributed by atoms with Crippen molar-refractivity contribution in [2.75, 3.05) is 19.8 Å².